The topological polar surface area (TPSA) is 51.5 Å². The lowest BCUT2D eigenvalue weighted by Crippen LogP contribution is -2.37. The lowest BCUT2D eigenvalue weighted by atomic mass is 10.1. The van der Waals surface area contributed by atoms with Crippen LogP contribution >= 0.6 is 0 Å². The third-order valence-corrected chi connectivity index (χ3v) is 3.70. The lowest BCUT2D eigenvalue weighted by Gasteiger charge is -2.18. The Morgan fingerprint density at radius 3 is 2.74 bits per heavy atom. The second-order valence-electron chi connectivity index (χ2n) is 5.29. The van der Waals surface area contributed by atoms with Crippen LogP contribution in [0.1, 0.15) is 19.1 Å². The zero-order valence-corrected chi connectivity index (χ0v) is 13.0. The maximum atomic E-state index is 12.3. The van der Waals surface area contributed by atoms with Gasteiger partial charge in [0.25, 0.3) is 5.91 Å². The number of benzene rings is 2. The Bertz CT molecular complexity index is 775. The van der Waals surface area contributed by atoms with Crippen molar-refractivity contribution in [2.45, 2.75) is 26.0 Å². The second kappa shape index (κ2) is 7.01. The number of carbonyl (C=O) groups is 1. The summed E-state index contributed by atoms with van der Waals surface area (Å²) in [6.45, 7) is 2.30. The highest BCUT2D eigenvalue weighted by molar-refractivity contribution is 5.89. The van der Waals surface area contributed by atoms with Crippen molar-refractivity contribution in [1.82, 2.24) is 5.32 Å². The number of hydrogen-bond donors (Lipinski definition) is 1. The van der Waals surface area contributed by atoms with Gasteiger partial charge in [-0.1, -0.05) is 43.3 Å². The van der Waals surface area contributed by atoms with E-state index in [2.05, 4.69) is 5.32 Å². The van der Waals surface area contributed by atoms with Crippen LogP contribution in [0.2, 0.25) is 0 Å². The lowest BCUT2D eigenvalue weighted by molar-refractivity contribution is -0.128. The van der Waals surface area contributed by atoms with Crippen molar-refractivity contribution < 1.29 is 13.9 Å². The van der Waals surface area contributed by atoms with Gasteiger partial charge in [-0.2, -0.15) is 0 Å². The van der Waals surface area contributed by atoms with Crippen molar-refractivity contribution in [1.29, 1.82) is 0 Å². The van der Waals surface area contributed by atoms with Gasteiger partial charge in [-0.3, -0.25) is 4.79 Å². The monoisotopic (exact) mass is 309 g/mol. The quantitative estimate of drug-likeness (QED) is 0.751. The molecule has 1 aromatic heterocycles. The molecule has 0 unspecified atom stereocenters. The van der Waals surface area contributed by atoms with Crippen molar-refractivity contribution in [2.24, 2.45) is 0 Å². The number of fused-ring (bicyclic) bond motifs is 1. The molecular weight excluding hydrogens is 290 g/mol. The van der Waals surface area contributed by atoms with Crippen LogP contribution in [0.4, 0.5) is 0 Å². The molecular formula is C19H19NO3. The van der Waals surface area contributed by atoms with Crippen LogP contribution in [0.25, 0.3) is 10.8 Å². The minimum Gasteiger partial charge on any atom is -0.480 e. The molecule has 0 bridgehead atoms. The number of furan rings is 1. The Morgan fingerprint density at radius 1 is 1.13 bits per heavy atom. The van der Waals surface area contributed by atoms with Crippen LogP contribution in [0.15, 0.2) is 65.3 Å². The zero-order chi connectivity index (χ0) is 16.1. The van der Waals surface area contributed by atoms with Crippen LogP contribution in [-0.4, -0.2) is 12.0 Å². The van der Waals surface area contributed by atoms with E-state index in [0.29, 0.717) is 13.0 Å². The Balaban J connectivity index is 1.71. The van der Waals surface area contributed by atoms with Crippen molar-refractivity contribution in [3.8, 4) is 5.75 Å². The zero-order valence-electron chi connectivity index (χ0n) is 13.0. The number of carbonyl (C=O) groups excluding carboxylic acids is 1. The fraction of sp³-hybridized carbons (Fsp3) is 0.211. The van der Waals surface area contributed by atoms with E-state index in [-0.39, 0.29) is 5.91 Å². The van der Waals surface area contributed by atoms with E-state index in [1.807, 2.05) is 55.5 Å². The molecule has 2 aromatic carbocycles. The van der Waals surface area contributed by atoms with Crippen molar-refractivity contribution >= 4 is 16.7 Å². The molecule has 0 saturated carbocycles. The van der Waals surface area contributed by atoms with E-state index < -0.39 is 6.10 Å². The SMILES string of the molecule is CC[C@@H](Oc1cccc2ccccc12)C(=O)NCc1ccco1. The van der Waals surface area contributed by atoms with Gasteiger partial charge in [-0.15, -0.1) is 0 Å². The van der Waals surface area contributed by atoms with Crippen molar-refractivity contribution in [3.63, 3.8) is 0 Å². The molecule has 3 rings (SSSR count). The highest BCUT2D eigenvalue weighted by atomic mass is 16.5. The molecule has 0 saturated heterocycles. The molecule has 3 aromatic rings. The van der Waals surface area contributed by atoms with E-state index in [4.69, 9.17) is 9.15 Å². The molecule has 1 heterocycles. The van der Waals surface area contributed by atoms with Gasteiger partial charge in [0.05, 0.1) is 12.8 Å². The average molecular weight is 309 g/mol. The summed E-state index contributed by atoms with van der Waals surface area (Å²) in [5.74, 6) is 1.30. The Morgan fingerprint density at radius 2 is 1.96 bits per heavy atom. The molecule has 0 aliphatic rings. The number of ether oxygens (including phenoxy) is 1. The van der Waals surface area contributed by atoms with Gasteiger partial charge < -0.3 is 14.5 Å². The molecule has 1 amide bonds. The molecule has 0 radical (unpaired) electrons. The molecule has 118 valence electrons. The summed E-state index contributed by atoms with van der Waals surface area (Å²) in [5, 5.41) is 4.95. The minimum absolute atomic E-state index is 0.142. The van der Waals surface area contributed by atoms with Gasteiger partial charge in [0.1, 0.15) is 11.5 Å². The highest BCUT2D eigenvalue weighted by Crippen LogP contribution is 2.26. The number of rotatable bonds is 6. The molecule has 4 heteroatoms. The van der Waals surface area contributed by atoms with E-state index >= 15 is 0 Å². The maximum Gasteiger partial charge on any atom is 0.261 e. The largest absolute Gasteiger partial charge is 0.480 e. The van der Waals surface area contributed by atoms with E-state index in [1.54, 1.807) is 12.3 Å². The molecule has 1 atom stereocenters. The number of nitrogens with one attached hydrogen (secondary N) is 1. The van der Waals surface area contributed by atoms with Gasteiger partial charge in [-0.25, -0.2) is 0 Å². The maximum absolute atomic E-state index is 12.3. The first-order valence-electron chi connectivity index (χ1n) is 7.72. The molecule has 0 fully saturated rings. The van der Waals surface area contributed by atoms with Gasteiger partial charge in [-0.05, 0) is 30.0 Å². The van der Waals surface area contributed by atoms with Gasteiger partial charge in [0, 0.05) is 5.39 Å². The standard InChI is InChI=1S/C19H19NO3/c1-2-17(19(21)20-13-15-9-6-12-22-15)23-18-11-5-8-14-7-3-4-10-16(14)18/h3-12,17H,2,13H2,1H3,(H,20,21)/t17-/m1/s1. The van der Waals surface area contributed by atoms with Crippen LogP contribution in [0.3, 0.4) is 0 Å². The summed E-state index contributed by atoms with van der Waals surface area (Å²) >= 11 is 0. The van der Waals surface area contributed by atoms with Crippen LogP contribution in [-0.2, 0) is 11.3 Å². The fourth-order valence-corrected chi connectivity index (χ4v) is 2.48. The predicted octanol–water partition coefficient (Wildman–Crippen LogP) is 3.91. The Kier molecular flexibility index (Phi) is 4.62. The average Bonchev–Trinajstić information content (AvgIpc) is 3.11. The molecule has 23 heavy (non-hydrogen) atoms. The van der Waals surface area contributed by atoms with E-state index in [0.717, 1.165) is 22.3 Å². The summed E-state index contributed by atoms with van der Waals surface area (Å²) < 4.78 is 11.2. The summed E-state index contributed by atoms with van der Waals surface area (Å²) in [7, 11) is 0. The summed E-state index contributed by atoms with van der Waals surface area (Å²) in [6.07, 6.45) is 1.65. The van der Waals surface area contributed by atoms with Gasteiger partial charge in [0.2, 0.25) is 0 Å². The highest BCUT2D eigenvalue weighted by Gasteiger charge is 2.19. The predicted molar refractivity (Wildman–Crippen MR) is 89.2 cm³/mol. The Hall–Kier alpha value is -2.75. The molecule has 4 nitrogen and oxygen atoms in total. The molecule has 0 aliphatic heterocycles. The van der Waals surface area contributed by atoms with Crippen LogP contribution < -0.4 is 10.1 Å². The molecule has 1 N–H and O–H groups in total. The smallest absolute Gasteiger partial charge is 0.261 e. The first-order valence-corrected chi connectivity index (χ1v) is 7.72. The normalized spacial score (nSPS) is 12.0. The fourth-order valence-electron chi connectivity index (χ4n) is 2.48. The van der Waals surface area contributed by atoms with Crippen molar-refractivity contribution in [3.05, 3.63) is 66.6 Å². The second-order valence-corrected chi connectivity index (χ2v) is 5.29. The number of amides is 1. The van der Waals surface area contributed by atoms with Gasteiger partial charge >= 0.3 is 0 Å². The third-order valence-electron chi connectivity index (χ3n) is 3.70. The van der Waals surface area contributed by atoms with E-state index in [1.165, 1.54) is 0 Å². The number of hydrogen-bond acceptors (Lipinski definition) is 3. The first kappa shape index (κ1) is 15.2. The first-order chi connectivity index (χ1) is 11.3. The molecule has 0 aliphatic carbocycles. The summed E-state index contributed by atoms with van der Waals surface area (Å²) in [4.78, 5) is 12.3. The van der Waals surface area contributed by atoms with Crippen LogP contribution in [0, 0.1) is 0 Å². The third kappa shape index (κ3) is 3.54. The van der Waals surface area contributed by atoms with E-state index in [9.17, 15) is 4.79 Å². The van der Waals surface area contributed by atoms with Crippen LogP contribution in [0.5, 0.6) is 5.75 Å². The molecule has 0 spiro atoms. The van der Waals surface area contributed by atoms with Gasteiger partial charge in [0.15, 0.2) is 6.10 Å². The summed E-state index contributed by atoms with van der Waals surface area (Å²) in [6, 6.07) is 17.5. The summed E-state index contributed by atoms with van der Waals surface area (Å²) in [5.41, 5.74) is 0. The van der Waals surface area contributed by atoms with Crippen molar-refractivity contribution in [2.75, 3.05) is 0 Å². The Labute approximate surface area is 135 Å². The minimum atomic E-state index is -0.532.